The molecule has 0 spiro atoms. The van der Waals surface area contributed by atoms with Crippen molar-refractivity contribution in [3.8, 4) is 17.2 Å². The van der Waals surface area contributed by atoms with Crippen LogP contribution in [0.3, 0.4) is 0 Å². The quantitative estimate of drug-likeness (QED) is 0.360. The van der Waals surface area contributed by atoms with Crippen molar-refractivity contribution in [1.29, 1.82) is 0 Å². The molecule has 0 unspecified atom stereocenters. The second kappa shape index (κ2) is 8.34. The van der Waals surface area contributed by atoms with Crippen LogP contribution in [-0.4, -0.2) is 32.4 Å². The molecule has 0 aliphatic carbocycles. The molecule has 2 rings (SSSR count). The van der Waals surface area contributed by atoms with Gasteiger partial charge in [0.2, 0.25) is 0 Å². The third-order valence-electron chi connectivity index (χ3n) is 3.10. The average Bonchev–Trinajstić information content (AvgIpc) is 2.62. The molecule has 0 saturated heterocycles. The molecular formula is C17H17N3O5. The first kappa shape index (κ1) is 17.8. The van der Waals surface area contributed by atoms with Gasteiger partial charge >= 0.3 is 12.0 Å². The largest absolute Gasteiger partial charge is 0.493 e. The molecule has 8 nitrogen and oxygen atoms in total. The third kappa shape index (κ3) is 4.96. The SMILES string of the molecule is COc1ccc(C(=O)Oc2ccc(/C=N\NC(N)=O)cc2)cc1OC. The number of carbonyl (C=O) groups is 2. The molecule has 0 fully saturated rings. The molecule has 0 aliphatic rings. The lowest BCUT2D eigenvalue weighted by atomic mass is 10.2. The molecule has 0 bridgehead atoms. The molecule has 0 aromatic heterocycles. The first-order chi connectivity index (χ1) is 12.0. The number of benzene rings is 2. The van der Waals surface area contributed by atoms with E-state index in [0.717, 1.165) is 0 Å². The van der Waals surface area contributed by atoms with Gasteiger partial charge in [-0.05, 0) is 48.0 Å². The van der Waals surface area contributed by atoms with E-state index in [1.807, 2.05) is 0 Å². The maximum absolute atomic E-state index is 12.2. The Morgan fingerprint density at radius 1 is 1.04 bits per heavy atom. The number of hydrazone groups is 1. The summed E-state index contributed by atoms with van der Waals surface area (Å²) >= 11 is 0. The summed E-state index contributed by atoms with van der Waals surface area (Å²) in [6, 6.07) is 10.5. The Balaban J connectivity index is 2.05. The summed E-state index contributed by atoms with van der Waals surface area (Å²) in [4.78, 5) is 22.7. The lowest BCUT2D eigenvalue weighted by Crippen LogP contribution is -2.24. The Bertz CT molecular complexity index is 787. The summed E-state index contributed by atoms with van der Waals surface area (Å²) in [6.07, 6.45) is 1.41. The van der Waals surface area contributed by atoms with Crippen molar-refractivity contribution < 1.29 is 23.8 Å². The topological polar surface area (TPSA) is 112 Å². The van der Waals surface area contributed by atoms with E-state index in [2.05, 4.69) is 10.5 Å². The minimum atomic E-state index is -0.753. The number of nitrogens with two attached hydrogens (primary N) is 1. The smallest absolute Gasteiger partial charge is 0.343 e. The number of nitrogens with zero attached hydrogens (tertiary/aromatic N) is 1. The Hall–Kier alpha value is -3.55. The van der Waals surface area contributed by atoms with Gasteiger partial charge in [0.1, 0.15) is 5.75 Å². The van der Waals surface area contributed by atoms with Crippen LogP contribution in [0, 0.1) is 0 Å². The molecule has 3 N–H and O–H groups in total. The molecule has 0 aliphatic heterocycles. The fourth-order valence-electron chi connectivity index (χ4n) is 1.92. The van der Waals surface area contributed by atoms with Gasteiger partial charge in [-0.3, -0.25) is 0 Å². The number of methoxy groups -OCH3 is 2. The zero-order valence-corrected chi connectivity index (χ0v) is 13.7. The lowest BCUT2D eigenvalue weighted by molar-refractivity contribution is 0.0734. The van der Waals surface area contributed by atoms with Crippen LogP contribution < -0.4 is 25.4 Å². The molecule has 25 heavy (non-hydrogen) atoms. The Morgan fingerprint density at radius 2 is 1.72 bits per heavy atom. The third-order valence-corrected chi connectivity index (χ3v) is 3.10. The van der Waals surface area contributed by atoms with E-state index >= 15 is 0 Å². The lowest BCUT2D eigenvalue weighted by Gasteiger charge is -2.09. The molecule has 2 aromatic rings. The first-order valence-corrected chi connectivity index (χ1v) is 7.16. The summed E-state index contributed by atoms with van der Waals surface area (Å²) < 4.78 is 15.6. The molecule has 0 radical (unpaired) electrons. The summed E-state index contributed by atoms with van der Waals surface area (Å²) in [5.41, 5.74) is 8.00. The van der Waals surface area contributed by atoms with Gasteiger partial charge in [-0.25, -0.2) is 15.0 Å². The highest BCUT2D eigenvalue weighted by molar-refractivity contribution is 5.92. The van der Waals surface area contributed by atoms with Crippen molar-refractivity contribution in [3.05, 3.63) is 53.6 Å². The van der Waals surface area contributed by atoms with Crippen molar-refractivity contribution in [1.82, 2.24) is 5.43 Å². The minimum Gasteiger partial charge on any atom is -0.493 e. The van der Waals surface area contributed by atoms with Crippen molar-refractivity contribution in [2.75, 3.05) is 14.2 Å². The van der Waals surface area contributed by atoms with E-state index in [1.165, 1.54) is 26.5 Å². The summed E-state index contributed by atoms with van der Waals surface area (Å²) in [6.45, 7) is 0. The first-order valence-electron chi connectivity index (χ1n) is 7.16. The van der Waals surface area contributed by atoms with Crippen LogP contribution >= 0.6 is 0 Å². The number of carbonyl (C=O) groups excluding carboxylic acids is 2. The van der Waals surface area contributed by atoms with Gasteiger partial charge in [0, 0.05) is 0 Å². The Morgan fingerprint density at radius 3 is 2.32 bits per heavy atom. The van der Waals surface area contributed by atoms with Gasteiger partial charge in [-0.15, -0.1) is 0 Å². The Kier molecular flexibility index (Phi) is 5.94. The van der Waals surface area contributed by atoms with E-state index in [-0.39, 0.29) is 0 Å². The second-order valence-electron chi connectivity index (χ2n) is 4.76. The molecule has 2 aromatic carbocycles. The second-order valence-corrected chi connectivity index (χ2v) is 4.76. The maximum Gasteiger partial charge on any atom is 0.343 e. The van der Waals surface area contributed by atoms with Crippen LogP contribution in [0.25, 0.3) is 0 Å². The predicted octanol–water partition coefficient (Wildman–Crippen LogP) is 1.93. The van der Waals surface area contributed by atoms with Crippen LogP contribution in [0.15, 0.2) is 47.6 Å². The molecular weight excluding hydrogens is 326 g/mol. The van der Waals surface area contributed by atoms with Gasteiger partial charge in [-0.1, -0.05) is 0 Å². The number of primary amides is 1. The van der Waals surface area contributed by atoms with Crippen LogP contribution in [0.1, 0.15) is 15.9 Å². The standard InChI is InChI=1S/C17H17N3O5/c1-23-14-8-5-12(9-15(14)24-2)16(21)25-13-6-3-11(4-7-13)10-19-20-17(18)22/h3-10H,1-2H3,(H3,18,20,22)/b19-10-. The van der Waals surface area contributed by atoms with Crippen LogP contribution in [-0.2, 0) is 0 Å². The minimum absolute atomic E-state index is 0.328. The number of amides is 2. The number of rotatable bonds is 6. The van der Waals surface area contributed by atoms with E-state index in [9.17, 15) is 9.59 Å². The number of nitrogens with one attached hydrogen (secondary N) is 1. The Labute approximate surface area is 144 Å². The van der Waals surface area contributed by atoms with Gasteiger partial charge in [-0.2, -0.15) is 5.10 Å². The molecule has 2 amide bonds. The molecule has 0 saturated carbocycles. The number of esters is 1. The van der Waals surface area contributed by atoms with Gasteiger partial charge in [0.25, 0.3) is 0 Å². The molecule has 130 valence electrons. The van der Waals surface area contributed by atoms with Crippen molar-refractivity contribution in [3.63, 3.8) is 0 Å². The average molecular weight is 343 g/mol. The van der Waals surface area contributed by atoms with Crippen molar-refractivity contribution in [2.24, 2.45) is 10.8 Å². The highest BCUT2D eigenvalue weighted by Gasteiger charge is 2.12. The number of hydrogen-bond donors (Lipinski definition) is 2. The zero-order valence-electron chi connectivity index (χ0n) is 13.7. The molecule has 8 heteroatoms. The van der Waals surface area contributed by atoms with E-state index in [4.69, 9.17) is 19.9 Å². The highest BCUT2D eigenvalue weighted by Crippen LogP contribution is 2.28. The number of ether oxygens (including phenoxy) is 3. The van der Waals surface area contributed by atoms with E-state index in [1.54, 1.807) is 36.4 Å². The highest BCUT2D eigenvalue weighted by atomic mass is 16.5. The number of hydrogen-bond acceptors (Lipinski definition) is 6. The summed E-state index contributed by atoms with van der Waals surface area (Å²) in [7, 11) is 3.00. The summed E-state index contributed by atoms with van der Waals surface area (Å²) in [5, 5.41) is 3.63. The fourth-order valence-corrected chi connectivity index (χ4v) is 1.92. The monoisotopic (exact) mass is 343 g/mol. The van der Waals surface area contributed by atoms with Crippen molar-refractivity contribution >= 4 is 18.2 Å². The fraction of sp³-hybridized carbons (Fsp3) is 0.118. The van der Waals surface area contributed by atoms with Gasteiger partial charge in [0.15, 0.2) is 11.5 Å². The number of urea groups is 1. The van der Waals surface area contributed by atoms with Crippen LogP contribution in [0.5, 0.6) is 17.2 Å². The van der Waals surface area contributed by atoms with Gasteiger partial charge in [0.05, 0.1) is 26.0 Å². The predicted molar refractivity (Wildman–Crippen MR) is 91.3 cm³/mol. The van der Waals surface area contributed by atoms with Crippen LogP contribution in [0.4, 0.5) is 4.79 Å². The normalized spacial score (nSPS) is 10.3. The zero-order chi connectivity index (χ0) is 18.2. The van der Waals surface area contributed by atoms with Crippen LogP contribution in [0.2, 0.25) is 0 Å². The van der Waals surface area contributed by atoms with E-state index < -0.39 is 12.0 Å². The van der Waals surface area contributed by atoms with E-state index in [0.29, 0.717) is 28.4 Å². The molecule has 0 atom stereocenters. The maximum atomic E-state index is 12.2. The van der Waals surface area contributed by atoms with Gasteiger partial charge < -0.3 is 19.9 Å². The molecule has 0 heterocycles. The van der Waals surface area contributed by atoms with Crippen molar-refractivity contribution in [2.45, 2.75) is 0 Å². The summed E-state index contributed by atoms with van der Waals surface area (Å²) in [5.74, 6) is 0.787.